The minimum Gasteiger partial charge on any atom is -0.436 e. The number of ether oxygens (including phenoxy) is 1. The molecule has 0 radical (unpaired) electrons. The molecule has 1 aromatic heterocycles. The fraction of sp³-hybridized carbons (Fsp3) is 0.0769. The Morgan fingerprint density at radius 3 is 2.79 bits per heavy atom. The molecule has 1 heterocycles. The number of nitrogen functional groups attached to an aromatic ring is 1. The minimum absolute atomic E-state index is 0.145. The second-order valence-corrected chi connectivity index (χ2v) is 4.88. The molecule has 0 aliphatic rings. The molecule has 6 heteroatoms. The number of hydrogen-bond acceptors (Lipinski definition) is 4. The molecule has 1 amide bonds. The summed E-state index contributed by atoms with van der Waals surface area (Å²) in [5.41, 5.74) is 12.7. The van der Waals surface area contributed by atoms with E-state index in [9.17, 15) is 4.79 Å². The van der Waals surface area contributed by atoms with E-state index in [2.05, 4.69) is 20.9 Å². The Labute approximate surface area is 118 Å². The predicted octanol–water partition coefficient (Wildman–Crippen LogP) is 2.63. The van der Waals surface area contributed by atoms with Crippen LogP contribution in [0.5, 0.6) is 11.6 Å². The van der Waals surface area contributed by atoms with Crippen LogP contribution in [-0.4, -0.2) is 10.9 Å². The molecule has 0 aliphatic heterocycles. The van der Waals surface area contributed by atoms with Crippen molar-refractivity contribution in [2.45, 2.75) is 6.92 Å². The number of hydrogen-bond donors (Lipinski definition) is 2. The number of amides is 1. The first-order valence-corrected chi connectivity index (χ1v) is 6.26. The molecule has 0 atom stereocenters. The second kappa shape index (κ2) is 5.27. The van der Waals surface area contributed by atoms with Gasteiger partial charge in [-0.15, -0.1) is 0 Å². The van der Waals surface area contributed by atoms with Crippen LogP contribution >= 0.6 is 15.9 Å². The Morgan fingerprint density at radius 2 is 2.16 bits per heavy atom. The average molecular weight is 322 g/mol. The fourth-order valence-corrected chi connectivity index (χ4v) is 2.24. The van der Waals surface area contributed by atoms with Crippen LogP contribution in [0.4, 0.5) is 5.69 Å². The highest BCUT2D eigenvalue weighted by Crippen LogP contribution is 2.34. The van der Waals surface area contributed by atoms with Crippen LogP contribution in [0, 0.1) is 6.92 Å². The summed E-state index contributed by atoms with van der Waals surface area (Å²) in [6, 6.07) is 6.74. The van der Waals surface area contributed by atoms with Crippen molar-refractivity contribution in [3.63, 3.8) is 0 Å². The van der Waals surface area contributed by atoms with Gasteiger partial charge in [0.2, 0.25) is 5.88 Å². The van der Waals surface area contributed by atoms with Gasteiger partial charge in [-0.25, -0.2) is 4.98 Å². The van der Waals surface area contributed by atoms with Crippen molar-refractivity contribution in [1.29, 1.82) is 0 Å². The third kappa shape index (κ3) is 2.85. The number of pyridine rings is 1. The van der Waals surface area contributed by atoms with E-state index in [4.69, 9.17) is 16.2 Å². The molecule has 0 bridgehead atoms. The van der Waals surface area contributed by atoms with E-state index in [0.717, 1.165) is 10.0 Å². The van der Waals surface area contributed by atoms with Gasteiger partial charge in [0.05, 0.1) is 5.69 Å². The highest BCUT2D eigenvalue weighted by molar-refractivity contribution is 9.10. The smallest absolute Gasteiger partial charge is 0.254 e. The van der Waals surface area contributed by atoms with Gasteiger partial charge < -0.3 is 16.2 Å². The maximum Gasteiger partial charge on any atom is 0.254 e. The predicted molar refractivity (Wildman–Crippen MR) is 76.1 cm³/mol. The molecule has 19 heavy (non-hydrogen) atoms. The Morgan fingerprint density at radius 1 is 1.42 bits per heavy atom. The Balaban J connectivity index is 2.45. The number of nitrogens with two attached hydrogens (primary N) is 2. The van der Waals surface area contributed by atoms with Crippen molar-refractivity contribution in [2.24, 2.45) is 5.73 Å². The maximum absolute atomic E-state index is 11.3. The lowest BCUT2D eigenvalue weighted by Crippen LogP contribution is -2.13. The molecule has 0 saturated heterocycles. The first-order chi connectivity index (χ1) is 8.99. The molecular formula is C13H12BrN3O2. The van der Waals surface area contributed by atoms with Gasteiger partial charge in [-0.05, 0) is 36.8 Å². The molecule has 0 unspecified atom stereocenters. The van der Waals surface area contributed by atoms with Crippen LogP contribution in [0.15, 0.2) is 34.9 Å². The number of anilines is 1. The monoisotopic (exact) mass is 321 g/mol. The average Bonchev–Trinajstić information content (AvgIpc) is 2.34. The lowest BCUT2D eigenvalue weighted by Gasteiger charge is -2.12. The molecule has 0 fully saturated rings. The van der Waals surface area contributed by atoms with E-state index in [-0.39, 0.29) is 11.4 Å². The Hall–Kier alpha value is -2.08. The van der Waals surface area contributed by atoms with E-state index in [1.54, 1.807) is 18.2 Å². The van der Waals surface area contributed by atoms with Crippen LogP contribution in [0.2, 0.25) is 0 Å². The summed E-state index contributed by atoms with van der Waals surface area (Å²) in [5, 5.41) is 0. The number of rotatable bonds is 3. The summed E-state index contributed by atoms with van der Waals surface area (Å²) < 4.78 is 6.48. The number of aryl methyl sites for hydroxylation is 1. The SMILES string of the molecule is Cc1cc(Br)cc(N)c1Oc1ncccc1C(N)=O. The summed E-state index contributed by atoms with van der Waals surface area (Å²) in [4.78, 5) is 15.3. The summed E-state index contributed by atoms with van der Waals surface area (Å²) in [6.07, 6.45) is 1.52. The molecule has 0 spiro atoms. The first-order valence-electron chi connectivity index (χ1n) is 5.47. The molecule has 4 N–H and O–H groups in total. The third-order valence-corrected chi connectivity index (χ3v) is 2.96. The van der Waals surface area contributed by atoms with Crippen molar-refractivity contribution in [1.82, 2.24) is 4.98 Å². The summed E-state index contributed by atoms with van der Waals surface area (Å²) >= 11 is 3.34. The van der Waals surface area contributed by atoms with Gasteiger partial charge in [0, 0.05) is 10.7 Å². The Kier molecular flexibility index (Phi) is 3.71. The van der Waals surface area contributed by atoms with Gasteiger partial charge in [0.1, 0.15) is 5.56 Å². The number of benzene rings is 1. The van der Waals surface area contributed by atoms with Gasteiger partial charge in [-0.2, -0.15) is 0 Å². The van der Waals surface area contributed by atoms with Crippen molar-refractivity contribution < 1.29 is 9.53 Å². The number of aromatic nitrogens is 1. The molecular weight excluding hydrogens is 310 g/mol. The summed E-state index contributed by atoms with van der Waals surface area (Å²) in [7, 11) is 0. The van der Waals surface area contributed by atoms with Crippen LogP contribution in [0.1, 0.15) is 15.9 Å². The number of primary amides is 1. The normalized spacial score (nSPS) is 10.2. The molecule has 1 aromatic carbocycles. The van der Waals surface area contributed by atoms with Crippen LogP contribution in [-0.2, 0) is 0 Å². The highest BCUT2D eigenvalue weighted by atomic mass is 79.9. The fourth-order valence-electron chi connectivity index (χ4n) is 1.65. The van der Waals surface area contributed by atoms with Gasteiger partial charge >= 0.3 is 0 Å². The van der Waals surface area contributed by atoms with Gasteiger partial charge in [-0.3, -0.25) is 4.79 Å². The molecule has 2 aromatic rings. The maximum atomic E-state index is 11.3. The largest absolute Gasteiger partial charge is 0.436 e. The lowest BCUT2D eigenvalue weighted by atomic mass is 10.2. The van der Waals surface area contributed by atoms with E-state index < -0.39 is 5.91 Å². The molecule has 0 aliphatic carbocycles. The van der Waals surface area contributed by atoms with Crippen LogP contribution < -0.4 is 16.2 Å². The molecule has 0 saturated carbocycles. The van der Waals surface area contributed by atoms with Crippen LogP contribution in [0.3, 0.4) is 0 Å². The first kappa shape index (κ1) is 13.4. The van der Waals surface area contributed by atoms with E-state index in [0.29, 0.717) is 11.4 Å². The number of nitrogens with zero attached hydrogens (tertiary/aromatic N) is 1. The van der Waals surface area contributed by atoms with Crippen LogP contribution in [0.25, 0.3) is 0 Å². The topological polar surface area (TPSA) is 91.2 Å². The van der Waals surface area contributed by atoms with Gasteiger partial charge in [0.15, 0.2) is 5.75 Å². The molecule has 98 valence electrons. The van der Waals surface area contributed by atoms with Crippen molar-refractivity contribution in [3.05, 3.63) is 46.1 Å². The van der Waals surface area contributed by atoms with Crippen molar-refractivity contribution >= 4 is 27.5 Å². The summed E-state index contributed by atoms with van der Waals surface area (Å²) in [5.74, 6) is 0.00737. The third-order valence-electron chi connectivity index (χ3n) is 2.50. The Bertz CT molecular complexity index is 621. The quantitative estimate of drug-likeness (QED) is 0.850. The zero-order valence-corrected chi connectivity index (χ0v) is 11.8. The zero-order chi connectivity index (χ0) is 14.0. The van der Waals surface area contributed by atoms with E-state index in [1.807, 2.05) is 13.0 Å². The van der Waals surface area contributed by atoms with Gasteiger partial charge in [0.25, 0.3) is 5.91 Å². The minimum atomic E-state index is -0.601. The summed E-state index contributed by atoms with van der Waals surface area (Å²) in [6.45, 7) is 1.85. The number of carbonyl (C=O) groups excluding carboxylic acids is 1. The second-order valence-electron chi connectivity index (χ2n) is 3.96. The molecule has 5 nitrogen and oxygen atoms in total. The van der Waals surface area contributed by atoms with E-state index >= 15 is 0 Å². The van der Waals surface area contributed by atoms with Crippen molar-refractivity contribution in [2.75, 3.05) is 5.73 Å². The lowest BCUT2D eigenvalue weighted by molar-refractivity contribution is 0.0997. The standard InChI is InChI=1S/C13H12BrN3O2/c1-7-5-8(14)6-10(15)11(7)19-13-9(12(16)18)3-2-4-17-13/h2-6H,15H2,1H3,(H2,16,18). The highest BCUT2D eigenvalue weighted by Gasteiger charge is 2.14. The van der Waals surface area contributed by atoms with Gasteiger partial charge in [-0.1, -0.05) is 15.9 Å². The number of halogens is 1. The number of carbonyl (C=O) groups is 1. The van der Waals surface area contributed by atoms with E-state index in [1.165, 1.54) is 6.20 Å². The zero-order valence-electron chi connectivity index (χ0n) is 10.2. The molecule has 2 rings (SSSR count). The van der Waals surface area contributed by atoms with Crippen molar-refractivity contribution in [3.8, 4) is 11.6 Å².